The third kappa shape index (κ3) is 5.49. The van der Waals surface area contributed by atoms with E-state index in [-0.39, 0.29) is 28.7 Å². The Balaban J connectivity index is 1.35. The third-order valence-corrected chi connectivity index (χ3v) is 7.00. The average molecular weight is 491 g/mol. The zero-order valence-electron chi connectivity index (χ0n) is 19.7. The molecule has 2 aromatic carbocycles. The largest absolute Gasteiger partial charge is 0.452 e. The lowest BCUT2D eigenvalue weighted by molar-refractivity contribution is -0.136. The van der Waals surface area contributed by atoms with Crippen molar-refractivity contribution in [1.29, 1.82) is 0 Å². The van der Waals surface area contributed by atoms with Crippen molar-refractivity contribution >= 4 is 34.9 Å². The Kier molecular flexibility index (Phi) is 7.41. The van der Waals surface area contributed by atoms with Crippen molar-refractivity contribution in [2.75, 3.05) is 32.8 Å². The molecule has 7 nitrogen and oxygen atoms in total. The Labute approximate surface area is 207 Å². The highest BCUT2D eigenvalue weighted by atomic mass is 32.1. The fourth-order valence-corrected chi connectivity index (χ4v) is 4.60. The van der Waals surface area contributed by atoms with E-state index in [4.69, 9.17) is 4.74 Å². The number of carbonyl (C=O) groups is 4. The molecule has 8 heteroatoms. The number of benzene rings is 2. The van der Waals surface area contributed by atoms with E-state index in [2.05, 4.69) is 0 Å². The molecule has 3 aromatic rings. The van der Waals surface area contributed by atoms with Gasteiger partial charge >= 0.3 is 5.97 Å². The molecule has 1 aliphatic heterocycles. The van der Waals surface area contributed by atoms with E-state index in [1.807, 2.05) is 31.4 Å². The van der Waals surface area contributed by atoms with Crippen molar-refractivity contribution in [3.63, 3.8) is 0 Å². The lowest BCUT2D eigenvalue weighted by Gasteiger charge is -2.34. The summed E-state index contributed by atoms with van der Waals surface area (Å²) in [6.07, 6.45) is 0. The Morgan fingerprint density at radius 1 is 0.829 bits per heavy atom. The molecule has 1 saturated heterocycles. The van der Waals surface area contributed by atoms with Crippen LogP contribution in [0.25, 0.3) is 0 Å². The van der Waals surface area contributed by atoms with Crippen LogP contribution < -0.4 is 0 Å². The van der Waals surface area contributed by atoms with Gasteiger partial charge in [0.1, 0.15) is 0 Å². The van der Waals surface area contributed by atoms with Crippen LogP contribution in [0.5, 0.6) is 0 Å². The molecule has 2 amide bonds. The van der Waals surface area contributed by atoms with Gasteiger partial charge < -0.3 is 14.5 Å². The molecule has 0 saturated carbocycles. The SMILES string of the molecule is Cc1ccc(C(=O)c2ccccc2C(=O)OCC(=O)N2CCN(C(=O)c3cccs3)CC2)cc1C. The molecule has 2 heterocycles. The Hall–Kier alpha value is -3.78. The maximum absolute atomic E-state index is 13.1. The summed E-state index contributed by atoms with van der Waals surface area (Å²) in [6.45, 7) is 5.05. The lowest BCUT2D eigenvalue weighted by atomic mass is 9.96. The minimum Gasteiger partial charge on any atom is -0.452 e. The van der Waals surface area contributed by atoms with Gasteiger partial charge in [0.25, 0.3) is 11.8 Å². The number of esters is 1. The summed E-state index contributed by atoms with van der Waals surface area (Å²) in [7, 11) is 0. The first kappa shape index (κ1) is 24.3. The van der Waals surface area contributed by atoms with Crippen LogP contribution in [-0.4, -0.2) is 66.2 Å². The molecule has 0 bridgehead atoms. The van der Waals surface area contributed by atoms with Gasteiger partial charge in [0.15, 0.2) is 12.4 Å². The van der Waals surface area contributed by atoms with E-state index in [0.29, 0.717) is 36.6 Å². The van der Waals surface area contributed by atoms with Crippen molar-refractivity contribution in [2.45, 2.75) is 13.8 Å². The van der Waals surface area contributed by atoms with Crippen LogP contribution in [-0.2, 0) is 9.53 Å². The maximum atomic E-state index is 13.1. The normalized spacial score (nSPS) is 13.4. The summed E-state index contributed by atoms with van der Waals surface area (Å²) in [4.78, 5) is 54.9. The predicted octanol–water partition coefficient (Wildman–Crippen LogP) is 3.74. The fourth-order valence-electron chi connectivity index (χ4n) is 3.91. The van der Waals surface area contributed by atoms with Gasteiger partial charge in [-0.05, 0) is 48.6 Å². The lowest BCUT2D eigenvalue weighted by Crippen LogP contribution is -2.51. The van der Waals surface area contributed by atoms with E-state index in [0.717, 1.165) is 11.1 Å². The topological polar surface area (TPSA) is 84.0 Å². The number of ketones is 1. The highest BCUT2D eigenvalue weighted by Gasteiger charge is 2.26. The number of amides is 2. The van der Waals surface area contributed by atoms with Gasteiger partial charge in [-0.25, -0.2) is 4.79 Å². The molecule has 180 valence electrons. The molecule has 0 aliphatic carbocycles. The zero-order chi connectivity index (χ0) is 24.9. The van der Waals surface area contributed by atoms with Gasteiger partial charge in [-0.1, -0.05) is 36.4 Å². The molecule has 1 aliphatic rings. The Bertz CT molecular complexity index is 1260. The number of hydrogen-bond acceptors (Lipinski definition) is 6. The minimum atomic E-state index is -0.724. The summed E-state index contributed by atoms with van der Waals surface area (Å²) >= 11 is 1.39. The molecular formula is C27H26N2O5S. The first-order valence-corrected chi connectivity index (χ1v) is 12.2. The molecular weight excluding hydrogens is 464 g/mol. The highest BCUT2D eigenvalue weighted by Crippen LogP contribution is 2.19. The standard InChI is InChI=1S/C27H26N2O5S/c1-18-9-10-20(16-19(18)2)25(31)21-6-3-4-7-22(21)27(33)34-17-24(30)28-11-13-29(14-12-28)26(32)23-8-5-15-35-23/h3-10,15-16H,11-14,17H2,1-2H3. The first-order chi connectivity index (χ1) is 16.8. The number of ether oxygens (including phenoxy) is 1. The highest BCUT2D eigenvalue weighted by molar-refractivity contribution is 7.12. The number of piperazine rings is 1. The molecule has 0 N–H and O–H groups in total. The first-order valence-electron chi connectivity index (χ1n) is 11.3. The number of carbonyl (C=O) groups excluding carboxylic acids is 4. The molecule has 1 aromatic heterocycles. The molecule has 0 atom stereocenters. The van der Waals surface area contributed by atoms with Gasteiger partial charge in [0.2, 0.25) is 0 Å². The van der Waals surface area contributed by atoms with E-state index in [1.165, 1.54) is 17.4 Å². The van der Waals surface area contributed by atoms with Crippen molar-refractivity contribution in [3.05, 3.63) is 92.7 Å². The number of thiophene rings is 1. The molecule has 0 unspecified atom stereocenters. The molecule has 0 spiro atoms. The van der Waals surface area contributed by atoms with Gasteiger partial charge in [0.05, 0.1) is 10.4 Å². The predicted molar refractivity (Wildman–Crippen MR) is 133 cm³/mol. The number of nitrogens with zero attached hydrogens (tertiary/aromatic N) is 2. The summed E-state index contributed by atoms with van der Waals surface area (Å²) in [5, 5.41) is 1.86. The molecule has 1 fully saturated rings. The monoisotopic (exact) mass is 490 g/mol. The van der Waals surface area contributed by atoms with E-state index < -0.39 is 12.6 Å². The van der Waals surface area contributed by atoms with Crippen LogP contribution in [0.15, 0.2) is 60.0 Å². The van der Waals surface area contributed by atoms with Gasteiger partial charge in [0, 0.05) is 37.3 Å². The van der Waals surface area contributed by atoms with Gasteiger partial charge in [-0.2, -0.15) is 0 Å². The number of aryl methyl sites for hydroxylation is 2. The Morgan fingerprint density at radius 3 is 2.17 bits per heavy atom. The van der Waals surface area contributed by atoms with Crippen LogP contribution in [0, 0.1) is 13.8 Å². The summed E-state index contributed by atoms with van der Waals surface area (Å²) in [5.74, 6) is -1.38. The van der Waals surface area contributed by atoms with Crippen LogP contribution in [0.1, 0.15) is 47.1 Å². The molecule has 35 heavy (non-hydrogen) atoms. The average Bonchev–Trinajstić information content (AvgIpc) is 3.43. The van der Waals surface area contributed by atoms with Crippen molar-refractivity contribution in [1.82, 2.24) is 9.80 Å². The number of rotatable bonds is 6. The Morgan fingerprint density at radius 2 is 1.51 bits per heavy atom. The van der Waals surface area contributed by atoms with Crippen LogP contribution in [0.2, 0.25) is 0 Å². The van der Waals surface area contributed by atoms with Crippen molar-refractivity contribution < 1.29 is 23.9 Å². The number of hydrogen-bond donors (Lipinski definition) is 0. The van der Waals surface area contributed by atoms with Gasteiger partial charge in [-0.3, -0.25) is 14.4 Å². The van der Waals surface area contributed by atoms with Crippen LogP contribution in [0.4, 0.5) is 0 Å². The molecule has 0 radical (unpaired) electrons. The quantitative estimate of drug-likeness (QED) is 0.388. The second-order valence-electron chi connectivity index (χ2n) is 8.40. The second-order valence-corrected chi connectivity index (χ2v) is 9.35. The summed E-state index contributed by atoms with van der Waals surface area (Å²) in [5.41, 5.74) is 2.89. The minimum absolute atomic E-state index is 0.0384. The van der Waals surface area contributed by atoms with E-state index in [9.17, 15) is 19.2 Å². The zero-order valence-corrected chi connectivity index (χ0v) is 20.5. The second kappa shape index (κ2) is 10.7. The fraction of sp³-hybridized carbons (Fsp3) is 0.259. The van der Waals surface area contributed by atoms with Crippen molar-refractivity contribution in [2.24, 2.45) is 0 Å². The third-order valence-electron chi connectivity index (χ3n) is 6.14. The summed E-state index contributed by atoms with van der Waals surface area (Å²) < 4.78 is 5.28. The van der Waals surface area contributed by atoms with E-state index in [1.54, 1.807) is 46.2 Å². The van der Waals surface area contributed by atoms with Crippen molar-refractivity contribution in [3.8, 4) is 0 Å². The summed E-state index contributed by atoms with van der Waals surface area (Å²) in [6, 6.07) is 15.5. The maximum Gasteiger partial charge on any atom is 0.339 e. The smallest absolute Gasteiger partial charge is 0.339 e. The van der Waals surface area contributed by atoms with E-state index >= 15 is 0 Å². The molecule has 4 rings (SSSR count). The van der Waals surface area contributed by atoms with Gasteiger partial charge in [-0.15, -0.1) is 11.3 Å². The van der Waals surface area contributed by atoms with Crippen LogP contribution >= 0.6 is 11.3 Å². The van der Waals surface area contributed by atoms with Crippen LogP contribution in [0.3, 0.4) is 0 Å².